The Balaban J connectivity index is 1.82. The average Bonchev–Trinajstić information content (AvgIpc) is 2.96. The minimum atomic E-state index is -0.343. The molecule has 6 nitrogen and oxygen atoms in total. The highest BCUT2D eigenvalue weighted by Gasteiger charge is 2.10. The molecule has 0 saturated heterocycles. The van der Waals surface area contributed by atoms with Crippen LogP contribution in [0.4, 0.5) is 4.39 Å². The minimum Gasteiger partial charge on any atom is -0.456 e. The van der Waals surface area contributed by atoms with Gasteiger partial charge < -0.3 is 9.73 Å². The Morgan fingerprint density at radius 1 is 1.29 bits per heavy atom. The molecule has 1 aromatic heterocycles. The van der Waals surface area contributed by atoms with Gasteiger partial charge in [0.25, 0.3) is 5.91 Å². The molecule has 0 unspecified atom stereocenters. The van der Waals surface area contributed by atoms with Crippen LogP contribution in [0.3, 0.4) is 0 Å². The first-order valence-electron chi connectivity index (χ1n) is 6.31. The summed E-state index contributed by atoms with van der Waals surface area (Å²) in [5.74, 6) is -0.0380. The van der Waals surface area contributed by atoms with Gasteiger partial charge in [0.15, 0.2) is 5.76 Å². The van der Waals surface area contributed by atoms with Crippen molar-refractivity contribution in [2.75, 3.05) is 6.54 Å². The van der Waals surface area contributed by atoms with E-state index >= 15 is 0 Å². The zero-order valence-electron chi connectivity index (χ0n) is 11.1. The molecular formula is C14H13FN4O2. The van der Waals surface area contributed by atoms with Crippen LogP contribution in [-0.2, 0) is 13.0 Å². The van der Waals surface area contributed by atoms with Gasteiger partial charge in [0.05, 0.1) is 6.54 Å². The van der Waals surface area contributed by atoms with Gasteiger partial charge in [-0.15, -0.1) is 0 Å². The maximum Gasteiger partial charge on any atom is 0.287 e. The second-order valence-electron chi connectivity index (χ2n) is 4.29. The van der Waals surface area contributed by atoms with Crippen LogP contribution in [-0.4, -0.2) is 12.5 Å². The summed E-state index contributed by atoms with van der Waals surface area (Å²) in [5, 5.41) is 6.05. The summed E-state index contributed by atoms with van der Waals surface area (Å²) >= 11 is 0. The smallest absolute Gasteiger partial charge is 0.287 e. The summed E-state index contributed by atoms with van der Waals surface area (Å²) < 4.78 is 18.0. The zero-order chi connectivity index (χ0) is 15.1. The highest BCUT2D eigenvalue weighted by Crippen LogP contribution is 2.09. The predicted octanol–water partition coefficient (Wildman–Crippen LogP) is 3.20. The predicted molar refractivity (Wildman–Crippen MR) is 74.0 cm³/mol. The molecule has 0 aliphatic rings. The number of furan rings is 1. The standard InChI is InChI=1S/C14H13FN4O2/c15-11-3-1-10(2-4-11)7-8-17-14(20)13-6-5-12(21-13)9-18-19-16/h1-6H,7-9H2,(H,17,20). The third-order valence-electron chi connectivity index (χ3n) is 2.79. The molecule has 0 aliphatic heterocycles. The van der Waals surface area contributed by atoms with Gasteiger partial charge >= 0.3 is 0 Å². The molecule has 21 heavy (non-hydrogen) atoms. The SMILES string of the molecule is [N-]=[N+]=NCc1ccc(C(=O)NCCc2ccc(F)cc2)o1. The highest BCUT2D eigenvalue weighted by molar-refractivity contribution is 5.91. The highest BCUT2D eigenvalue weighted by atomic mass is 19.1. The molecule has 0 spiro atoms. The molecule has 1 N–H and O–H groups in total. The lowest BCUT2D eigenvalue weighted by molar-refractivity contribution is 0.0924. The number of nitrogens with one attached hydrogen (secondary N) is 1. The van der Waals surface area contributed by atoms with Gasteiger partial charge in [-0.1, -0.05) is 17.2 Å². The molecular weight excluding hydrogens is 275 g/mol. The number of benzene rings is 1. The van der Waals surface area contributed by atoms with Crippen molar-refractivity contribution < 1.29 is 13.6 Å². The number of hydrogen-bond donors (Lipinski definition) is 1. The number of carbonyl (C=O) groups excluding carboxylic acids is 1. The molecule has 2 aromatic rings. The van der Waals surface area contributed by atoms with Crippen molar-refractivity contribution in [3.05, 3.63) is 69.7 Å². The zero-order valence-corrected chi connectivity index (χ0v) is 11.1. The monoisotopic (exact) mass is 288 g/mol. The van der Waals surface area contributed by atoms with Crippen molar-refractivity contribution in [2.24, 2.45) is 5.11 Å². The van der Waals surface area contributed by atoms with E-state index in [1.54, 1.807) is 18.2 Å². The van der Waals surface area contributed by atoms with Crippen LogP contribution in [0.1, 0.15) is 21.9 Å². The maximum atomic E-state index is 12.7. The van der Waals surface area contributed by atoms with E-state index in [-0.39, 0.29) is 24.0 Å². The molecule has 0 bridgehead atoms. The number of azide groups is 1. The van der Waals surface area contributed by atoms with Crippen LogP contribution < -0.4 is 5.32 Å². The van der Waals surface area contributed by atoms with Gasteiger partial charge in [-0.25, -0.2) is 4.39 Å². The lowest BCUT2D eigenvalue weighted by atomic mass is 10.1. The van der Waals surface area contributed by atoms with Gasteiger partial charge in [0.1, 0.15) is 11.6 Å². The molecule has 1 amide bonds. The molecule has 7 heteroatoms. The first-order valence-corrected chi connectivity index (χ1v) is 6.31. The normalized spacial score (nSPS) is 9.95. The average molecular weight is 288 g/mol. The maximum absolute atomic E-state index is 12.7. The summed E-state index contributed by atoms with van der Waals surface area (Å²) in [6.45, 7) is 0.482. The van der Waals surface area contributed by atoms with Gasteiger partial charge in [0.2, 0.25) is 0 Å². The van der Waals surface area contributed by atoms with E-state index in [1.807, 2.05) is 0 Å². The number of nitrogens with zero attached hydrogens (tertiary/aromatic N) is 3. The molecule has 0 fully saturated rings. The van der Waals surface area contributed by atoms with Crippen molar-refractivity contribution in [3.63, 3.8) is 0 Å². The fourth-order valence-electron chi connectivity index (χ4n) is 1.74. The number of carbonyl (C=O) groups is 1. The van der Waals surface area contributed by atoms with E-state index in [2.05, 4.69) is 15.3 Å². The summed E-state index contributed by atoms with van der Waals surface area (Å²) in [6, 6.07) is 9.22. The van der Waals surface area contributed by atoms with Crippen LogP contribution in [0, 0.1) is 5.82 Å². The second-order valence-corrected chi connectivity index (χ2v) is 4.29. The Hall–Kier alpha value is -2.79. The lowest BCUT2D eigenvalue weighted by Gasteiger charge is -2.03. The molecule has 0 atom stereocenters. The van der Waals surface area contributed by atoms with Gasteiger partial charge in [-0.2, -0.15) is 0 Å². The molecule has 0 saturated carbocycles. The van der Waals surface area contributed by atoms with Crippen LogP contribution >= 0.6 is 0 Å². The summed E-state index contributed by atoms with van der Waals surface area (Å²) in [4.78, 5) is 14.4. The van der Waals surface area contributed by atoms with Gasteiger partial charge in [-0.05, 0) is 41.8 Å². The Bertz CT molecular complexity index is 660. The van der Waals surface area contributed by atoms with Crippen molar-refractivity contribution in [1.82, 2.24) is 5.32 Å². The second kappa shape index (κ2) is 7.12. The Labute approximate surface area is 120 Å². The topological polar surface area (TPSA) is 91.0 Å². The number of halogens is 1. The van der Waals surface area contributed by atoms with E-state index < -0.39 is 0 Å². The van der Waals surface area contributed by atoms with Crippen LogP contribution in [0.2, 0.25) is 0 Å². The molecule has 1 heterocycles. The quantitative estimate of drug-likeness (QED) is 0.502. The first-order chi connectivity index (χ1) is 10.2. The third kappa shape index (κ3) is 4.36. The summed E-state index contributed by atoms with van der Waals surface area (Å²) in [5.41, 5.74) is 9.13. The van der Waals surface area contributed by atoms with Crippen molar-refractivity contribution in [3.8, 4) is 0 Å². The van der Waals surface area contributed by atoms with E-state index in [4.69, 9.17) is 9.95 Å². The third-order valence-corrected chi connectivity index (χ3v) is 2.79. The van der Waals surface area contributed by atoms with Crippen LogP contribution in [0.15, 0.2) is 45.9 Å². The molecule has 0 aliphatic carbocycles. The Morgan fingerprint density at radius 3 is 2.76 bits per heavy atom. The first kappa shape index (κ1) is 14.6. The molecule has 2 rings (SSSR count). The number of rotatable bonds is 6. The van der Waals surface area contributed by atoms with E-state index in [1.165, 1.54) is 18.2 Å². The van der Waals surface area contributed by atoms with E-state index in [9.17, 15) is 9.18 Å². The summed E-state index contributed by atoms with van der Waals surface area (Å²) in [6.07, 6.45) is 0.596. The molecule has 1 aromatic carbocycles. The van der Waals surface area contributed by atoms with Crippen molar-refractivity contribution in [1.29, 1.82) is 0 Å². The van der Waals surface area contributed by atoms with Gasteiger partial charge in [-0.3, -0.25) is 4.79 Å². The van der Waals surface area contributed by atoms with E-state index in [0.29, 0.717) is 18.7 Å². The van der Waals surface area contributed by atoms with Crippen molar-refractivity contribution >= 4 is 5.91 Å². The van der Waals surface area contributed by atoms with Crippen LogP contribution in [0.25, 0.3) is 10.4 Å². The van der Waals surface area contributed by atoms with E-state index in [0.717, 1.165) is 5.56 Å². The molecule has 0 radical (unpaired) electrons. The summed E-state index contributed by atoms with van der Waals surface area (Å²) in [7, 11) is 0. The largest absolute Gasteiger partial charge is 0.456 e. The van der Waals surface area contributed by atoms with Crippen molar-refractivity contribution in [2.45, 2.75) is 13.0 Å². The van der Waals surface area contributed by atoms with Gasteiger partial charge in [0, 0.05) is 11.5 Å². The minimum absolute atomic E-state index is 0.0688. The fourth-order valence-corrected chi connectivity index (χ4v) is 1.74. The Morgan fingerprint density at radius 2 is 2.05 bits per heavy atom. The number of amides is 1. The number of hydrogen-bond acceptors (Lipinski definition) is 3. The lowest BCUT2D eigenvalue weighted by Crippen LogP contribution is -2.25. The fraction of sp³-hybridized carbons (Fsp3) is 0.214. The van der Waals surface area contributed by atoms with Crippen LogP contribution in [0.5, 0.6) is 0 Å². The molecule has 108 valence electrons. The Kier molecular flexibility index (Phi) is 4.95.